The molecule has 1 aliphatic rings. The van der Waals surface area contributed by atoms with Crippen LogP contribution in [-0.4, -0.2) is 18.3 Å². The predicted molar refractivity (Wildman–Crippen MR) is 53.6 cm³/mol. The molecule has 0 fully saturated rings. The van der Waals surface area contributed by atoms with Crippen LogP contribution in [0.1, 0.15) is 0 Å². The molecule has 0 saturated heterocycles. The van der Waals surface area contributed by atoms with E-state index in [1.54, 1.807) is 23.9 Å². The number of fused-ring (bicyclic) bond motifs is 1. The van der Waals surface area contributed by atoms with Gasteiger partial charge in [0.25, 0.3) is 0 Å². The average molecular weight is 198 g/mol. The topological polar surface area (TPSA) is 38.0 Å². The highest BCUT2D eigenvalue weighted by molar-refractivity contribution is 7.99. The second kappa shape index (κ2) is 3.55. The maximum atomic E-state index is 12.8. The number of halogens is 1. The summed E-state index contributed by atoms with van der Waals surface area (Å²) in [4.78, 5) is 0.977. The van der Waals surface area contributed by atoms with Crippen LogP contribution < -0.4 is 11.1 Å². The summed E-state index contributed by atoms with van der Waals surface area (Å²) in [6.45, 7) is 0.615. The Hall–Kier alpha value is -0.740. The first kappa shape index (κ1) is 8.84. The van der Waals surface area contributed by atoms with Crippen LogP contribution in [0.4, 0.5) is 10.1 Å². The maximum Gasteiger partial charge on any atom is 0.124 e. The second-order valence-corrected chi connectivity index (χ2v) is 4.09. The molecule has 3 N–H and O–H groups in total. The Kier molecular flexibility index (Phi) is 2.42. The minimum atomic E-state index is -0.181. The lowest BCUT2D eigenvalue weighted by molar-refractivity contribution is 0.623. The Morgan fingerprint density at radius 1 is 1.62 bits per heavy atom. The van der Waals surface area contributed by atoms with Gasteiger partial charge in [-0.2, -0.15) is 0 Å². The summed E-state index contributed by atoms with van der Waals surface area (Å²) in [5.41, 5.74) is 6.53. The molecule has 70 valence electrons. The molecule has 1 unspecified atom stereocenters. The van der Waals surface area contributed by atoms with Crippen LogP contribution in [0.2, 0.25) is 0 Å². The fourth-order valence-electron chi connectivity index (χ4n) is 1.31. The van der Waals surface area contributed by atoms with Gasteiger partial charge in [-0.25, -0.2) is 4.39 Å². The predicted octanol–water partition coefficient (Wildman–Crippen LogP) is 1.67. The van der Waals surface area contributed by atoms with Crippen molar-refractivity contribution >= 4 is 17.4 Å². The van der Waals surface area contributed by atoms with Gasteiger partial charge in [-0.05, 0) is 18.2 Å². The van der Waals surface area contributed by atoms with Crippen LogP contribution in [0.5, 0.6) is 0 Å². The zero-order valence-corrected chi connectivity index (χ0v) is 7.90. The number of rotatable bonds is 1. The molecule has 1 aromatic carbocycles. The lowest BCUT2D eigenvalue weighted by Crippen LogP contribution is -2.33. The van der Waals surface area contributed by atoms with Crippen LogP contribution in [0, 0.1) is 5.82 Å². The fraction of sp³-hybridized carbons (Fsp3) is 0.333. The molecule has 1 heterocycles. The normalized spacial score (nSPS) is 20.6. The molecule has 4 heteroatoms. The van der Waals surface area contributed by atoms with Crippen molar-refractivity contribution in [2.24, 2.45) is 5.73 Å². The molecular formula is C9H11FN2S. The summed E-state index contributed by atoms with van der Waals surface area (Å²) >= 11 is 1.65. The van der Waals surface area contributed by atoms with Gasteiger partial charge in [0.05, 0.1) is 0 Å². The van der Waals surface area contributed by atoms with Crippen molar-refractivity contribution in [2.75, 3.05) is 17.6 Å². The van der Waals surface area contributed by atoms with E-state index >= 15 is 0 Å². The van der Waals surface area contributed by atoms with Crippen molar-refractivity contribution in [3.63, 3.8) is 0 Å². The van der Waals surface area contributed by atoms with Gasteiger partial charge in [0, 0.05) is 28.9 Å². The quantitative estimate of drug-likeness (QED) is 0.721. The zero-order valence-electron chi connectivity index (χ0n) is 7.09. The zero-order chi connectivity index (χ0) is 9.26. The smallest absolute Gasteiger partial charge is 0.124 e. The largest absolute Gasteiger partial charge is 0.379 e. The number of thioether (sulfide) groups is 1. The molecule has 2 nitrogen and oxygen atoms in total. The average Bonchev–Trinajstić information content (AvgIpc) is 2.17. The SMILES string of the molecule is NCC1CSc2cc(F)ccc2N1. The highest BCUT2D eigenvalue weighted by Gasteiger charge is 2.16. The molecule has 0 aliphatic carbocycles. The first-order valence-corrected chi connectivity index (χ1v) is 5.17. The number of hydrogen-bond acceptors (Lipinski definition) is 3. The van der Waals surface area contributed by atoms with Crippen molar-refractivity contribution in [1.82, 2.24) is 0 Å². The molecule has 0 amide bonds. The summed E-state index contributed by atoms with van der Waals surface area (Å²) in [6, 6.07) is 5.09. The van der Waals surface area contributed by atoms with Crippen LogP contribution in [0.15, 0.2) is 23.1 Å². The molecule has 0 bridgehead atoms. The molecule has 0 aromatic heterocycles. The summed E-state index contributed by atoms with van der Waals surface area (Å²) in [7, 11) is 0. The maximum absolute atomic E-state index is 12.8. The van der Waals surface area contributed by atoms with E-state index in [-0.39, 0.29) is 5.82 Å². The highest BCUT2D eigenvalue weighted by Crippen LogP contribution is 2.33. The monoisotopic (exact) mass is 198 g/mol. The first-order chi connectivity index (χ1) is 6.29. The molecular weight excluding hydrogens is 187 g/mol. The van der Waals surface area contributed by atoms with E-state index < -0.39 is 0 Å². The number of anilines is 1. The van der Waals surface area contributed by atoms with E-state index in [9.17, 15) is 4.39 Å². The van der Waals surface area contributed by atoms with Gasteiger partial charge in [0.15, 0.2) is 0 Å². The van der Waals surface area contributed by atoms with Gasteiger partial charge in [-0.3, -0.25) is 0 Å². The van der Waals surface area contributed by atoms with E-state index in [4.69, 9.17) is 5.73 Å². The minimum absolute atomic E-state index is 0.181. The summed E-state index contributed by atoms with van der Waals surface area (Å²) in [6.07, 6.45) is 0. The Morgan fingerprint density at radius 2 is 2.46 bits per heavy atom. The van der Waals surface area contributed by atoms with Crippen LogP contribution >= 0.6 is 11.8 Å². The first-order valence-electron chi connectivity index (χ1n) is 4.18. The minimum Gasteiger partial charge on any atom is -0.379 e. The molecule has 1 aliphatic heterocycles. The van der Waals surface area contributed by atoms with Crippen LogP contribution in [0.25, 0.3) is 0 Å². The Balaban J connectivity index is 2.26. The lowest BCUT2D eigenvalue weighted by atomic mass is 10.2. The van der Waals surface area contributed by atoms with E-state index in [0.717, 1.165) is 16.3 Å². The number of nitrogens with one attached hydrogen (secondary N) is 1. The molecule has 1 aromatic rings. The van der Waals surface area contributed by atoms with Gasteiger partial charge < -0.3 is 11.1 Å². The van der Waals surface area contributed by atoms with Crippen molar-refractivity contribution in [1.29, 1.82) is 0 Å². The van der Waals surface area contributed by atoms with Gasteiger partial charge in [0.2, 0.25) is 0 Å². The molecule has 1 atom stereocenters. The number of nitrogens with two attached hydrogens (primary N) is 1. The van der Waals surface area contributed by atoms with E-state index in [2.05, 4.69) is 5.32 Å². The Bertz CT molecular complexity index is 316. The lowest BCUT2D eigenvalue weighted by Gasteiger charge is -2.25. The van der Waals surface area contributed by atoms with E-state index in [1.165, 1.54) is 6.07 Å². The van der Waals surface area contributed by atoms with Gasteiger partial charge >= 0.3 is 0 Å². The molecule has 0 radical (unpaired) electrons. The molecule has 0 spiro atoms. The molecule has 2 rings (SSSR count). The standard InChI is InChI=1S/C9H11FN2S/c10-6-1-2-8-9(3-6)13-5-7(4-11)12-8/h1-3,7,12H,4-5,11H2. The van der Waals surface area contributed by atoms with E-state index in [0.29, 0.717) is 12.6 Å². The Morgan fingerprint density at radius 3 is 3.23 bits per heavy atom. The second-order valence-electron chi connectivity index (χ2n) is 3.03. The van der Waals surface area contributed by atoms with Crippen LogP contribution in [-0.2, 0) is 0 Å². The van der Waals surface area contributed by atoms with Gasteiger partial charge in [0.1, 0.15) is 5.82 Å². The third kappa shape index (κ3) is 1.78. The van der Waals surface area contributed by atoms with Crippen molar-refractivity contribution in [3.05, 3.63) is 24.0 Å². The van der Waals surface area contributed by atoms with Crippen molar-refractivity contribution in [2.45, 2.75) is 10.9 Å². The summed E-state index contributed by atoms with van der Waals surface area (Å²) in [5, 5.41) is 3.26. The van der Waals surface area contributed by atoms with Crippen molar-refractivity contribution < 1.29 is 4.39 Å². The van der Waals surface area contributed by atoms with E-state index in [1.807, 2.05) is 0 Å². The van der Waals surface area contributed by atoms with Gasteiger partial charge in [-0.15, -0.1) is 11.8 Å². The molecule has 13 heavy (non-hydrogen) atoms. The summed E-state index contributed by atoms with van der Waals surface area (Å²) in [5.74, 6) is 0.728. The number of hydrogen-bond donors (Lipinski definition) is 2. The number of benzene rings is 1. The fourth-order valence-corrected chi connectivity index (χ4v) is 2.39. The summed E-state index contributed by atoms with van der Waals surface area (Å²) < 4.78 is 12.8. The third-order valence-electron chi connectivity index (χ3n) is 2.03. The molecule has 0 saturated carbocycles. The van der Waals surface area contributed by atoms with Crippen LogP contribution in [0.3, 0.4) is 0 Å². The van der Waals surface area contributed by atoms with Crippen molar-refractivity contribution in [3.8, 4) is 0 Å². The third-order valence-corrected chi connectivity index (χ3v) is 3.25. The Labute approximate surface area is 80.7 Å². The highest BCUT2D eigenvalue weighted by atomic mass is 32.2. The van der Waals surface area contributed by atoms with Gasteiger partial charge in [-0.1, -0.05) is 0 Å².